The van der Waals surface area contributed by atoms with Crippen molar-refractivity contribution in [2.75, 3.05) is 0 Å². The van der Waals surface area contributed by atoms with Crippen LogP contribution in [-0.2, 0) is 0 Å². The van der Waals surface area contributed by atoms with Crippen molar-refractivity contribution in [3.8, 4) is 12.1 Å². The average molecular weight is 297 g/mol. The summed E-state index contributed by atoms with van der Waals surface area (Å²) in [5.74, 6) is 0. The smallest absolute Gasteiger partial charge is 0.101 e. The van der Waals surface area contributed by atoms with Crippen LogP contribution in [-0.4, -0.2) is 0 Å². The van der Waals surface area contributed by atoms with Gasteiger partial charge in [-0.25, -0.2) is 0 Å². The van der Waals surface area contributed by atoms with Gasteiger partial charge in [0.1, 0.15) is 12.1 Å². The monoisotopic (exact) mass is 296 g/mol. The Labute approximate surface area is 114 Å². The van der Waals surface area contributed by atoms with E-state index in [9.17, 15) is 5.26 Å². The molecule has 0 fully saturated rings. The molecule has 0 aliphatic carbocycles. The fraction of sp³-hybridized carbons (Fsp3) is 0.0667. The lowest BCUT2D eigenvalue weighted by Crippen LogP contribution is -1.98. The summed E-state index contributed by atoms with van der Waals surface area (Å²) in [5.41, 5.74) is 2.73. The van der Waals surface area contributed by atoms with Gasteiger partial charge in [0, 0.05) is 0 Å². The lowest BCUT2D eigenvalue weighted by molar-refractivity contribution is 1.16. The second-order valence-corrected chi connectivity index (χ2v) is 4.68. The molecule has 0 aliphatic rings. The molecular weight excluding hydrogens is 288 g/mol. The van der Waals surface area contributed by atoms with Gasteiger partial charge >= 0.3 is 0 Å². The summed E-state index contributed by atoms with van der Waals surface area (Å²) in [4.78, 5) is -0.0818. The Morgan fingerprint density at radius 2 is 1.61 bits per heavy atom. The van der Waals surface area contributed by atoms with E-state index in [0.29, 0.717) is 11.1 Å². The molecule has 0 saturated carbocycles. The summed E-state index contributed by atoms with van der Waals surface area (Å²) >= 11 is 3.59. The number of rotatable bonds is 2. The Kier molecular flexibility index (Phi) is 3.77. The van der Waals surface area contributed by atoms with E-state index in [1.54, 1.807) is 12.1 Å². The molecular formula is C15H9BrN2. The number of alkyl halides is 1. The van der Waals surface area contributed by atoms with Crippen molar-refractivity contribution in [1.82, 2.24) is 0 Å². The normalized spacial score (nSPS) is 11.3. The molecule has 0 aromatic heterocycles. The largest absolute Gasteiger partial charge is 0.192 e. The number of hydrogen-bond acceptors (Lipinski definition) is 2. The topological polar surface area (TPSA) is 47.6 Å². The zero-order chi connectivity index (χ0) is 13.0. The van der Waals surface area contributed by atoms with Crippen LogP contribution in [0.3, 0.4) is 0 Å². The summed E-state index contributed by atoms with van der Waals surface area (Å²) in [6.07, 6.45) is 0. The van der Waals surface area contributed by atoms with Crippen LogP contribution in [0, 0.1) is 22.7 Å². The highest BCUT2D eigenvalue weighted by molar-refractivity contribution is 9.09. The molecule has 1 unspecified atom stereocenters. The number of nitrogens with zero attached hydrogens (tertiary/aromatic N) is 2. The third kappa shape index (κ3) is 2.27. The van der Waals surface area contributed by atoms with Gasteiger partial charge in [0.15, 0.2) is 0 Å². The molecule has 0 N–H and O–H groups in total. The Balaban J connectivity index is 2.53. The minimum Gasteiger partial charge on any atom is -0.192 e. The van der Waals surface area contributed by atoms with Crippen LogP contribution < -0.4 is 0 Å². The van der Waals surface area contributed by atoms with Gasteiger partial charge in [0.25, 0.3) is 0 Å². The maximum atomic E-state index is 9.20. The van der Waals surface area contributed by atoms with E-state index in [1.165, 1.54) is 0 Å². The zero-order valence-corrected chi connectivity index (χ0v) is 11.1. The molecule has 0 spiro atoms. The first-order valence-electron chi connectivity index (χ1n) is 5.40. The molecule has 3 heteroatoms. The van der Waals surface area contributed by atoms with Crippen molar-refractivity contribution in [2.45, 2.75) is 4.83 Å². The summed E-state index contributed by atoms with van der Waals surface area (Å²) in [5, 5.41) is 18.2. The molecule has 2 rings (SSSR count). The van der Waals surface area contributed by atoms with Gasteiger partial charge in [-0.2, -0.15) is 10.5 Å². The lowest BCUT2D eigenvalue weighted by atomic mass is 9.97. The van der Waals surface area contributed by atoms with Crippen LogP contribution in [0.2, 0.25) is 0 Å². The van der Waals surface area contributed by atoms with Crippen LogP contribution in [0.25, 0.3) is 0 Å². The second kappa shape index (κ2) is 5.49. The number of halogens is 1. The first kappa shape index (κ1) is 12.4. The highest BCUT2D eigenvalue weighted by atomic mass is 79.9. The van der Waals surface area contributed by atoms with E-state index in [-0.39, 0.29) is 4.83 Å². The quantitative estimate of drug-likeness (QED) is 0.789. The van der Waals surface area contributed by atoms with Crippen molar-refractivity contribution < 1.29 is 0 Å². The van der Waals surface area contributed by atoms with E-state index in [0.717, 1.165) is 11.1 Å². The summed E-state index contributed by atoms with van der Waals surface area (Å²) in [6.45, 7) is 0. The Morgan fingerprint density at radius 1 is 0.889 bits per heavy atom. The highest BCUT2D eigenvalue weighted by Gasteiger charge is 2.16. The van der Waals surface area contributed by atoms with Crippen LogP contribution in [0.4, 0.5) is 0 Å². The standard InChI is InChI=1S/C15H9BrN2/c16-15(11-5-2-1-3-6-11)13-8-4-7-12(9-17)14(13)10-18/h1-8,15H. The highest BCUT2D eigenvalue weighted by Crippen LogP contribution is 2.33. The third-order valence-corrected chi connectivity index (χ3v) is 3.72. The second-order valence-electron chi connectivity index (χ2n) is 3.77. The average Bonchev–Trinajstić information content (AvgIpc) is 2.46. The molecule has 1 atom stereocenters. The van der Waals surface area contributed by atoms with Gasteiger partial charge < -0.3 is 0 Å². The van der Waals surface area contributed by atoms with Crippen molar-refractivity contribution in [3.63, 3.8) is 0 Å². The zero-order valence-electron chi connectivity index (χ0n) is 9.47. The van der Waals surface area contributed by atoms with Crippen LogP contribution in [0.15, 0.2) is 48.5 Å². The fourth-order valence-corrected chi connectivity index (χ4v) is 2.49. The summed E-state index contributed by atoms with van der Waals surface area (Å²) in [6, 6.07) is 19.3. The first-order valence-corrected chi connectivity index (χ1v) is 6.31. The van der Waals surface area contributed by atoms with Crippen molar-refractivity contribution >= 4 is 15.9 Å². The van der Waals surface area contributed by atoms with Gasteiger partial charge in [-0.15, -0.1) is 0 Å². The third-order valence-electron chi connectivity index (χ3n) is 2.69. The molecule has 0 amide bonds. The minimum absolute atomic E-state index is 0.0818. The molecule has 18 heavy (non-hydrogen) atoms. The first-order chi connectivity index (χ1) is 8.77. The van der Waals surface area contributed by atoms with Gasteiger partial charge in [0.2, 0.25) is 0 Å². The Hall–Kier alpha value is -2.10. The Morgan fingerprint density at radius 3 is 2.22 bits per heavy atom. The van der Waals surface area contributed by atoms with Crippen LogP contribution in [0.5, 0.6) is 0 Å². The number of nitriles is 2. The molecule has 0 radical (unpaired) electrons. The van der Waals surface area contributed by atoms with Gasteiger partial charge in [-0.1, -0.05) is 58.4 Å². The van der Waals surface area contributed by atoms with Crippen LogP contribution in [0.1, 0.15) is 27.1 Å². The van der Waals surface area contributed by atoms with E-state index >= 15 is 0 Å². The van der Waals surface area contributed by atoms with Gasteiger partial charge in [-0.05, 0) is 17.2 Å². The minimum atomic E-state index is -0.0818. The fourth-order valence-electron chi connectivity index (χ4n) is 1.80. The van der Waals surface area contributed by atoms with E-state index < -0.39 is 0 Å². The summed E-state index contributed by atoms with van der Waals surface area (Å²) in [7, 11) is 0. The lowest BCUT2D eigenvalue weighted by Gasteiger charge is -2.12. The van der Waals surface area contributed by atoms with E-state index in [2.05, 4.69) is 22.0 Å². The van der Waals surface area contributed by atoms with Crippen molar-refractivity contribution in [1.29, 1.82) is 10.5 Å². The molecule has 0 aliphatic heterocycles. The molecule has 0 bridgehead atoms. The molecule has 2 aromatic carbocycles. The van der Waals surface area contributed by atoms with Crippen LogP contribution >= 0.6 is 15.9 Å². The number of benzene rings is 2. The van der Waals surface area contributed by atoms with Gasteiger partial charge in [0.05, 0.1) is 16.0 Å². The maximum absolute atomic E-state index is 9.20. The van der Waals surface area contributed by atoms with Gasteiger partial charge in [-0.3, -0.25) is 0 Å². The number of hydrogen-bond donors (Lipinski definition) is 0. The molecule has 86 valence electrons. The molecule has 0 heterocycles. The predicted molar refractivity (Wildman–Crippen MR) is 73.1 cm³/mol. The predicted octanol–water partition coefficient (Wildman–Crippen LogP) is 3.91. The SMILES string of the molecule is N#Cc1cccc(C(Br)c2ccccc2)c1C#N. The van der Waals surface area contributed by atoms with Crippen molar-refractivity contribution in [3.05, 3.63) is 70.8 Å². The molecule has 2 aromatic rings. The maximum Gasteiger partial charge on any atom is 0.101 e. The summed E-state index contributed by atoms with van der Waals surface area (Å²) < 4.78 is 0. The van der Waals surface area contributed by atoms with E-state index in [4.69, 9.17) is 5.26 Å². The molecule has 2 nitrogen and oxygen atoms in total. The molecule has 0 saturated heterocycles. The van der Waals surface area contributed by atoms with E-state index in [1.807, 2.05) is 42.5 Å². The van der Waals surface area contributed by atoms with Crippen molar-refractivity contribution in [2.24, 2.45) is 0 Å². The Bertz CT molecular complexity index is 636.